The van der Waals surface area contributed by atoms with Crippen LogP contribution in [-0.4, -0.2) is 10.1 Å². The van der Waals surface area contributed by atoms with Crippen molar-refractivity contribution in [2.45, 2.75) is 26.7 Å². The Kier molecular flexibility index (Phi) is 2.73. The van der Waals surface area contributed by atoms with Crippen molar-refractivity contribution in [3.8, 4) is 11.4 Å². The summed E-state index contributed by atoms with van der Waals surface area (Å²) in [6.07, 6.45) is 0. The highest BCUT2D eigenvalue weighted by molar-refractivity contribution is 5.55. The third-order valence-electron chi connectivity index (χ3n) is 2.41. The summed E-state index contributed by atoms with van der Waals surface area (Å²) in [5, 5.41) is 3.75. The minimum absolute atomic E-state index is 0.168. The second kappa shape index (κ2) is 4.04. The average molecular weight is 220 g/mol. The Morgan fingerprint density at radius 1 is 1.31 bits per heavy atom. The molecular formula is C12H13FN2O. The number of hydrogen-bond donors (Lipinski definition) is 0. The summed E-state index contributed by atoms with van der Waals surface area (Å²) in [5.41, 5.74) is 1.34. The third kappa shape index (κ3) is 1.96. The van der Waals surface area contributed by atoms with Crippen molar-refractivity contribution in [1.29, 1.82) is 0 Å². The van der Waals surface area contributed by atoms with Crippen molar-refractivity contribution in [2.24, 2.45) is 0 Å². The van der Waals surface area contributed by atoms with Gasteiger partial charge in [0, 0.05) is 12.5 Å². The lowest BCUT2D eigenvalue weighted by Gasteiger charge is -2.07. The molecule has 1 aromatic carbocycles. The van der Waals surface area contributed by atoms with Gasteiger partial charge in [0.25, 0.3) is 0 Å². The Labute approximate surface area is 93.3 Å². The molecule has 0 unspecified atom stereocenters. The maximum absolute atomic E-state index is 13.7. The van der Waals surface area contributed by atoms with Crippen LogP contribution >= 0.6 is 0 Å². The molecule has 0 fully saturated rings. The molecule has 0 atom stereocenters. The molecule has 0 bridgehead atoms. The normalized spacial score (nSPS) is 11.1. The highest BCUT2D eigenvalue weighted by Crippen LogP contribution is 2.23. The van der Waals surface area contributed by atoms with Crippen molar-refractivity contribution in [1.82, 2.24) is 10.1 Å². The second-order valence-corrected chi connectivity index (χ2v) is 4.03. The topological polar surface area (TPSA) is 38.9 Å². The molecule has 1 heterocycles. The zero-order valence-corrected chi connectivity index (χ0v) is 9.49. The van der Waals surface area contributed by atoms with Gasteiger partial charge in [-0.25, -0.2) is 4.39 Å². The van der Waals surface area contributed by atoms with Crippen LogP contribution in [0.3, 0.4) is 0 Å². The fourth-order valence-electron chi connectivity index (χ4n) is 1.55. The van der Waals surface area contributed by atoms with Crippen LogP contribution in [0.4, 0.5) is 4.39 Å². The lowest BCUT2D eigenvalue weighted by atomic mass is 10.0. The van der Waals surface area contributed by atoms with Crippen LogP contribution in [0.2, 0.25) is 0 Å². The van der Waals surface area contributed by atoms with Gasteiger partial charge in [0.2, 0.25) is 11.7 Å². The molecule has 4 heteroatoms. The number of aryl methyl sites for hydroxylation is 1. The number of halogens is 1. The van der Waals surface area contributed by atoms with Crippen LogP contribution in [0.15, 0.2) is 22.7 Å². The van der Waals surface area contributed by atoms with Crippen LogP contribution in [-0.2, 0) is 0 Å². The number of aromatic nitrogens is 2. The van der Waals surface area contributed by atoms with Crippen molar-refractivity contribution in [3.05, 3.63) is 35.5 Å². The molecule has 0 aliphatic heterocycles. The Balaban J connectivity index is 2.42. The van der Waals surface area contributed by atoms with E-state index in [-0.39, 0.29) is 11.7 Å². The molecule has 0 N–H and O–H groups in total. The SMILES string of the molecule is Cc1nc(-c2ccc(C(C)C)c(F)c2)no1. The van der Waals surface area contributed by atoms with Gasteiger partial charge >= 0.3 is 0 Å². The molecule has 0 spiro atoms. The van der Waals surface area contributed by atoms with E-state index >= 15 is 0 Å². The summed E-state index contributed by atoms with van der Waals surface area (Å²) < 4.78 is 18.6. The molecule has 1 aromatic heterocycles. The van der Waals surface area contributed by atoms with E-state index in [2.05, 4.69) is 10.1 Å². The molecule has 0 saturated heterocycles. The van der Waals surface area contributed by atoms with Crippen molar-refractivity contribution >= 4 is 0 Å². The monoisotopic (exact) mass is 220 g/mol. The Hall–Kier alpha value is -1.71. The van der Waals surface area contributed by atoms with Gasteiger partial charge in [-0.15, -0.1) is 0 Å². The standard InChI is InChI=1S/C12H13FN2O/c1-7(2)10-5-4-9(6-11(10)13)12-14-8(3)16-15-12/h4-7H,1-3H3. The highest BCUT2D eigenvalue weighted by Gasteiger charge is 2.11. The van der Waals surface area contributed by atoms with Crippen LogP contribution in [0, 0.1) is 12.7 Å². The predicted molar refractivity (Wildman–Crippen MR) is 58.5 cm³/mol. The summed E-state index contributed by atoms with van der Waals surface area (Å²) in [5.74, 6) is 0.839. The van der Waals surface area contributed by atoms with Gasteiger partial charge in [-0.3, -0.25) is 0 Å². The maximum atomic E-state index is 13.7. The van der Waals surface area contributed by atoms with E-state index in [9.17, 15) is 4.39 Å². The second-order valence-electron chi connectivity index (χ2n) is 4.03. The first-order valence-corrected chi connectivity index (χ1v) is 5.18. The molecule has 0 amide bonds. The fraction of sp³-hybridized carbons (Fsp3) is 0.333. The zero-order chi connectivity index (χ0) is 11.7. The average Bonchev–Trinajstić information content (AvgIpc) is 2.64. The van der Waals surface area contributed by atoms with E-state index in [0.717, 1.165) is 0 Å². The van der Waals surface area contributed by atoms with Crippen molar-refractivity contribution in [3.63, 3.8) is 0 Å². The van der Waals surface area contributed by atoms with Crippen molar-refractivity contribution in [2.75, 3.05) is 0 Å². The minimum Gasteiger partial charge on any atom is -0.339 e. The molecule has 16 heavy (non-hydrogen) atoms. The first-order chi connectivity index (χ1) is 7.58. The summed E-state index contributed by atoms with van der Waals surface area (Å²) in [4.78, 5) is 4.05. The molecule has 2 aromatic rings. The van der Waals surface area contributed by atoms with E-state index in [1.54, 1.807) is 13.0 Å². The molecule has 0 aliphatic rings. The van der Waals surface area contributed by atoms with E-state index in [4.69, 9.17) is 4.52 Å². The summed E-state index contributed by atoms with van der Waals surface area (Å²) in [7, 11) is 0. The molecule has 0 aliphatic carbocycles. The first-order valence-electron chi connectivity index (χ1n) is 5.18. The largest absolute Gasteiger partial charge is 0.339 e. The molecule has 0 saturated carbocycles. The van der Waals surface area contributed by atoms with Gasteiger partial charge in [0.05, 0.1) is 0 Å². The van der Waals surface area contributed by atoms with Gasteiger partial charge in [-0.1, -0.05) is 31.1 Å². The number of rotatable bonds is 2. The Morgan fingerprint density at radius 2 is 2.06 bits per heavy atom. The van der Waals surface area contributed by atoms with Crippen LogP contribution in [0.25, 0.3) is 11.4 Å². The van der Waals surface area contributed by atoms with E-state index < -0.39 is 0 Å². The Bertz CT molecular complexity index is 505. The van der Waals surface area contributed by atoms with E-state index in [1.165, 1.54) is 6.07 Å². The van der Waals surface area contributed by atoms with Crippen LogP contribution < -0.4 is 0 Å². The molecule has 84 valence electrons. The van der Waals surface area contributed by atoms with Gasteiger partial charge in [-0.2, -0.15) is 4.98 Å². The third-order valence-corrected chi connectivity index (χ3v) is 2.41. The highest BCUT2D eigenvalue weighted by atomic mass is 19.1. The van der Waals surface area contributed by atoms with Crippen molar-refractivity contribution < 1.29 is 8.91 Å². The van der Waals surface area contributed by atoms with E-state index in [0.29, 0.717) is 22.8 Å². The summed E-state index contributed by atoms with van der Waals surface area (Å²) >= 11 is 0. The Morgan fingerprint density at radius 3 is 2.56 bits per heavy atom. The molecule has 3 nitrogen and oxygen atoms in total. The van der Waals surface area contributed by atoms with Crippen LogP contribution in [0.1, 0.15) is 31.2 Å². The smallest absolute Gasteiger partial charge is 0.223 e. The van der Waals surface area contributed by atoms with Gasteiger partial charge < -0.3 is 4.52 Å². The molecule has 2 rings (SSSR count). The first kappa shape index (κ1) is 10.8. The summed E-state index contributed by atoms with van der Waals surface area (Å²) in [6.45, 7) is 5.61. The zero-order valence-electron chi connectivity index (χ0n) is 9.49. The van der Waals surface area contributed by atoms with Gasteiger partial charge in [0.1, 0.15) is 5.82 Å². The van der Waals surface area contributed by atoms with Gasteiger partial charge in [-0.05, 0) is 17.5 Å². The quantitative estimate of drug-likeness (QED) is 0.779. The summed E-state index contributed by atoms with van der Waals surface area (Å²) in [6, 6.07) is 5.02. The van der Waals surface area contributed by atoms with Crippen LogP contribution in [0.5, 0.6) is 0 Å². The lowest BCUT2D eigenvalue weighted by Crippen LogP contribution is -1.93. The maximum Gasteiger partial charge on any atom is 0.223 e. The molecular weight excluding hydrogens is 207 g/mol. The van der Waals surface area contributed by atoms with Gasteiger partial charge in [0.15, 0.2) is 0 Å². The molecule has 0 radical (unpaired) electrons. The van der Waals surface area contributed by atoms with E-state index in [1.807, 2.05) is 19.9 Å². The number of benzene rings is 1. The minimum atomic E-state index is -0.227. The lowest BCUT2D eigenvalue weighted by molar-refractivity contribution is 0.394. The fourth-order valence-corrected chi connectivity index (χ4v) is 1.55. The predicted octanol–water partition coefficient (Wildman–Crippen LogP) is 3.31. The number of nitrogens with zero attached hydrogens (tertiary/aromatic N) is 2. The number of hydrogen-bond acceptors (Lipinski definition) is 3.